The van der Waals surface area contributed by atoms with Crippen LogP contribution in [0.2, 0.25) is 0 Å². The summed E-state index contributed by atoms with van der Waals surface area (Å²) < 4.78 is 11.9. The van der Waals surface area contributed by atoms with Crippen molar-refractivity contribution in [1.82, 2.24) is 0 Å². The van der Waals surface area contributed by atoms with E-state index in [1.54, 1.807) is 0 Å². The number of esters is 1. The molecule has 4 nitrogen and oxygen atoms in total. The monoisotopic (exact) mass is 357 g/mol. The Morgan fingerprint density at radius 2 is 1.92 bits per heavy atom. The van der Waals surface area contributed by atoms with Gasteiger partial charge in [-0.3, -0.25) is 4.79 Å². The maximum absolute atomic E-state index is 11.4. The third kappa shape index (κ3) is 3.16. The quantitative estimate of drug-likeness (QED) is 0.597. The Morgan fingerprint density at radius 1 is 1.27 bits per heavy atom. The Labute approximate surface area is 157 Å². The van der Waals surface area contributed by atoms with Gasteiger partial charge in [-0.1, -0.05) is 37.6 Å². The molecule has 5 atom stereocenters. The number of allylic oxidation sites excluding steroid dienone is 1. The summed E-state index contributed by atoms with van der Waals surface area (Å²) in [5.41, 5.74) is 3.64. The largest absolute Gasteiger partial charge is 0.465 e. The van der Waals surface area contributed by atoms with Crippen molar-refractivity contribution in [2.24, 2.45) is 23.2 Å². The molecular formula is C22H31NO3. The Hall–Kier alpha value is -1.81. The second-order valence-electron chi connectivity index (χ2n) is 8.24. The molecule has 1 aromatic carbocycles. The van der Waals surface area contributed by atoms with Gasteiger partial charge in [-0.05, 0) is 36.5 Å². The number of nitrogens with zero attached hydrogens (tertiary/aromatic N) is 1. The molecule has 0 amide bonds. The smallest absolute Gasteiger partial charge is 0.302 e. The second-order valence-corrected chi connectivity index (χ2v) is 8.24. The summed E-state index contributed by atoms with van der Waals surface area (Å²) >= 11 is 0. The molecule has 1 saturated heterocycles. The molecule has 0 spiro atoms. The van der Waals surface area contributed by atoms with Crippen molar-refractivity contribution in [1.29, 1.82) is 0 Å². The molecule has 0 unspecified atom stereocenters. The van der Waals surface area contributed by atoms with Gasteiger partial charge in [-0.25, -0.2) is 0 Å². The summed E-state index contributed by atoms with van der Waals surface area (Å²) in [7, 11) is 4.10. The van der Waals surface area contributed by atoms with Gasteiger partial charge in [-0.2, -0.15) is 0 Å². The Balaban J connectivity index is 1.91. The summed E-state index contributed by atoms with van der Waals surface area (Å²) in [6.45, 7) is 9.25. The molecule has 1 aliphatic heterocycles. The zero-order chi connectivity index (χ0) is 19.1. The molecule has 0 saturated carbocycles. The molecular weight excluding hydrogens is 326 g/mol. The maximum Gasteiger partial charge on any atom is 0.302 e. The van der Waals surface area contributed by atoms with Crippen LogP contribution in [0.15, 0.2) is 35.9 Å². The summed E-state index contributed by atoms with van der Waals surface area (Å²) in [5, 5.41) is 0. The van der Waals surface area contributed by atoms with E-state index in [1.165, 1.54) is 23.7 Å². The Bertz CT molecular complexity index is 694. The Morgan fingerprint density at radius 3 is 2.50 bits per heavy atom. The van der Waals surface area contributed by atoms with Gasteiger partial charge in [0.25, 0.3) is 0 Å². The fourth-order valence-corrected chi connectivity index (χ4v) is 4.76. The van der Waals surface area contributed by atoms with Crippen molar-refractivity contribution in [3.63, 3.8) is 0 Å². The summed E-state index contributed by atoms with van der Waals surface area (Å²) in [6.07, 6.45) is 2.41. The summed E-state index contributed by atoms with van der Waals surface area (Å²) in [4.78, 5) is 13.5. The van der Waals surface area contributed by atoms with Crippen molar-refractivity contribution in [2.45, 2.75) is 33.8 Å². The molecule has 142 valence electrons. The first-order valence-electron chi connectivity index (χ1n) is 9.47. The van der Waals surface area contributed by atoms with Gasteiger partial charge in [-0.15, -0.1) is 0 Å². The Kier molecular flexibility index (Phi) is 5.16. The molecule has 1 heterocycles. The number of hydrogen-bond acceptors (Lipinski definition) is 4. The molecule has 26 heavy (non-hydrogen) atoms. The number of ether oxygens (including phenoxy) is 2. The summed E-state index contributed by atoms with van der Waals surface area (Å²) in [5.74, 6) is 0.794. The fourth-order valence-electron chi connectivity index (χ4n) is 4.76. The zero-order valence-electron chi connectivity index (χ0n) is 16.8. The fraction of sp³-hybridized carbons (Fsp3) is 0.591. The van der Waals surface area contributed by atoms with Gasteiger partial charge in [0, 0.05) is 38.0 Å². The minimum atomic E-state index is -0.219. The molecule has 1 aromatic rings. The van der Waals surface area contributed by atoms with Crippen LogP contribution in [0.5, 0.6) is 0 Å². The lowest BCUT2D eigenvalue weighted by molar-refractivity contribution is -0.180. The molecule has 1 aliphatic carbocycles. The highest BCUT2D eigenvalue weighted by Gasteiger charge is 2.54. The second kappa shape index (κ2) is 7.07. The van der Waals surface area contributed by atoms with E-state index in [0.717, 1.165) is 0 Å². The van der Waals surface area contributed by atoms with Crippen molar-refractivity contribution < 1.29 is 14.3 Å². The van der Waals surface area contributed by atoms with Gasteiger partial charge in [0.15, 0.2) is 0 Å². The minimum absolute atomic E-state index is 0.0513. The van der Waals surface area contributed by atoms with E-state index < -0.39 is 0 Å². The number of anilines is 1. The lowest BCUT2D eigenvalue weighted by Crippen LogP contribution is -2.54. The van der Waals surface area contributed by atoms with E-state index in [-0.39, 0.29) is 17.5 Å². The first-order chi connectivity index (χ1) is 12.3. The predicted octanol–water partition coefficient (Wildman–Crippen LogP) is 4.22. The topological polar surface area (TPSA) is 38.8 Å². The van der Waals surface area contributed by atoms with Crippen LogP contribution < -0.4 is 4.90 Å². The van der Waals surface area contributed by atoms with Crippen molar-refractivity contribution in [2.75, 3.05) is 32.2 Å². The first kappa shape index (κ1) is 19.0. The van der Waals surface area contributed by atoms with Crippen LogP contribution >= 0.6 is 0 Å². The zero-order valence-corrected chi connectivity index (χ0v) is 16.8. The molecule has 0 N–H and O–H groups in total. The van der Waals surface area contributed by atoms with Gasteiger partial charge in [0.05, 0.1) is 19.3 Å². The van der Waals surface area contributed by atoms with Gasteiger partial charge >= 0.3 is 5.97 Å². The van der Waals surface area contributed by atoms with Crippen LogP contribution in [0.3, 0.4) is 0 Å². The minimum Gasteiger partial charge on any atom is -0.465 e. The van der Waals surface area contributed by atoms with Crippen LogP contribution in [0.4, 0.5) is 5.69 Å². The van der Waals surface area contributed by atoms with Crippen molar-refractivity contribution >= 4 is 11.7 Å². The highest BCUT2D eigenvalue weighted by atomic mass is 16.5. The van der Waals surface area contributed by atoms with Crippen LogP contribution in [-0.4, -0.2) is 33.3 Å². The van der Waals surface area contributed by atoms with Crippen LogP contribution in [0, 0.1) is 23.2 Å². The highest BCUT2D eigenvalue weighted by Crippen LogP contribution is 2.56. The number of rotatable bonds is 4. The number of benzene rings is 1. The van der Waals surface area contributed by atoms with Crippen LogP contribution in [0.25, 0.3) is 0 Å². The van der Waals surface area contributed by atoms with E-state index in [0.29, 0.717) is 31.0 Å². The highest BCUT2D eigenvalue weighted by molar-refractivity contribution is 5.66. The molecule has 4 heteroatoms. The predicted molar refractivity (Wildman–Crippen MR) is 104 cm³/mol. The van der Waals surface area contributed by atoms with E-state index in [1.807, 2.05) is 14.1 Å². The maximum atomic E-state index is 11.4. The standard InChI is InChI=1S/C22H31NO3/c1-14-11-15(2)22(12-25-17(4)24)13-26-21(20(14)16(22)3)18-7-9-19(10-8-18)23(5)6/h7-11,15-16,20-21H,12-13H2,1-6H3/t15-,16+,20-,21-,22+/m0/s1. The number of carbonyl (C=O) groups excluding carboxylic acids is 1. The van der Waals surface area contributed by atoms with Crippen LogP contribution in [0.1, 0.15) is 39.4 Å². The van der Waals surface area contributed by atoms with Gasteiger partial charge in [0.2, 0.25) is 0 Å². The molecule has 3 rings (SSSR count). The van der Waals surface area contributed by atoms with E-state index >= 15 is 0 Å². The molecule has 1 fully saturated rings. The SMILES string of the molecule is CC(=O)OC[C@@]12CO[C@@H](c3ccc(N(C)C)cc3)[C@@H](C(C)=C[C@@H]1C)[C@H]2C. The summed E-state index contributed by atoms with van der Waals surface area (Å²) in [6, 6.07) is 8.65. The first-order valence-corrected chi connectivity index (χ1v) is 9.47. The molecule has 0 radical (unpaired) electrons. The van der Waals surface area contributed by atoms with Crippen molar-refractivity contribution in [3.05, 3.63) is 41.5 Å². The average molecular weight is 357 g/mol. The van der Waals surface area contributed by atoms with E-state index in [9.17, 15) is 4.79 Å². The molecule has 2 bridgehead atoms. The average Bonchev–Trinajstić information content (AvgIpc) is 2.59. The van der Waals surface area contributed by atoms with Gasteiger partial charge in [0.1, 0.15) is 0 Å². The van der Waals surface area contributed by atoms with Crippen LogP contribution in [-0.2, 0) is 14.3 Å². The van der Waals surface area contributed by atoms with Crippen molar-refractivity contribution in [3.8, 4) is 0 Å². The number of carbonyl (C=O) groups is 1. The lowest BCUT2D eigenvalue weighted by Gasteiger charge is -2.55. The third-order valence-corrected chi connectivity index (χ3v) is 6.53. The third-order valence-electron chi connectivity index (χ3n) is 6.53. The van der Waals surface area contributed by atoms with Gasteiger partial charge < -0.3 is 14.4 Å². The number of hydrogen-bond donors (Lipinski definition) is 0. The lowest BCUT2D eigenvalue weighted by atomic mass is 9.56. The molecule has 2 aliphatic rings. The number of fused-ring (bicyclic) bond motifs is 2. The van der Waals surface area contributed by atoms with E-state index in [4.69, 9.17) is 9.47 Å². The normalized spacial score (nSPS) is 33.4. The molecule has 0 aromatic heterocycles. The van der Waals surface area contributed by atoms with E-state index in [2.05, 4.69) is 56.0 Å².